The lowest BCUT2D eigenvalue weighted by atomic mass is 10.1. The minimum absolute atomic E-state index is 0.0135. The summed E-state index contributed by atoms with van der Waals surface area (Å²) in [7, 11) is -3.53. The monoisotopic (exact) mass is 282 g/mol. The molecule has 0 aliphatic carbocycles. The highest BCUT2D eigenvalue weighted by atomic mass is 32.2. The zero-order chi connectivity index (χ0) is 13.6. The van der Waals surface area contributed by atoms with Gasteiger partial charge in [-0.3, -0.25) is 0 Å². The van der Waals surface area contributed by atoms with Gasteiger partial charge in [-0.05, 0) is 12.1 Å². The van der Waals surface area contributed by atoms with Crippen molar-refractivity contribution in [2.45, 2.75) is 4.90 Å². The molecule has 0 atom stereocenters. The first-order valence-corrected chi connectivity index (χ1v) is 7.21. The summed E-state index contributed by atoms with van der Waals surface area (Å²) < 4.78 is 39.2. The Bertz CT molecular complexity index is 750. The molecule has 0 fully saturated rings. The lowest BCUT2D eigenvalue weighted by molar-refractivity contribution is 0.172. The van der Waals surface area contributed by atoms with Crippen LogP contribution in [0.15, 0.2) is 27.7 Å². The summed E-state index contributed by atoms with van der Waals surface area (Å²) in [6, 6.07) is 3.21. The van der Waals surface area contributed by atoms with Gasteiger partial charge >= 0.3 is 0 Å². The number of nitrogen functional groups attached to an aromatic ring is 1. The number of hydrogen-bond donors (Lipinski definition) is 1. The molecule has 0 amide bonds. The van der Waals surface area contributed by atoms with Gasteiger partial charge in [0.25, 0.3) is 0 Å². The number of aromatic nitrogens is 1. The van der Waals surface area contributed by atoms with Crippen LogP contribution in [0.1, 0.15) is 0 Å². The third-order valence-corrected chi connectivity index (χ3v) is 3.90. The van der Waals surface area contributed by atoms with Crippen molar-refractivity contribution in [3.05, 3.63) is 18.3 Å². The molecule has 0 saturated heterocycles. The van der Waals surface area contributed by atoms with Gasteiger partial charge in [-0.1, -0.05) is 5.16 Å². The zero-order valence-corrected chi connectivity index (χ0v) is 10.7. The fraction of sp³-hybridized carbons (Fsp3) is 0.182. The maximum absolute atomic E-state index is 12.0. The number of rotatable bonds is 2. The summed E-state index contributed by atoms with van der Waals surface area (Å²) in [6.45, 7) is -0.0135. The van der Waals surface area contributed by atoms with Crippen LogP contribution in [0, 0.1) is 0 Å². The fourth-order valence-electron chi connectivity index (χ4n) is 1.98. The molecule has 0 unspecified atom stereocenters. The van der Waals surface area contributed by atoms with E-state index in [0.717, 1.165) is 6.26 Å². The van der Waals surface area contributed by atoms with Crippen LogP contribution >= 0.6 is 0 Å². The molecule has 2 N–H and O–H groups in total. The normalized spacial score (nSPS) is 13.7. The average Bonchev–Trinajstić information content (AvgIpc) is 2.93. The molecule has 0 bridgehead atoms. The van der Waals surface area contributed by atoms with Crippen LogP contribution in [0.2, 0.25) is 0 Å². The average molecular weight is 282 g/mol. The number of fused-ring (bicyclic) bond motifs is 1. The molecule has 3 rings (SSSR count). The standard InChI is InChI=1S/C11H10N2O5S/c1-19(14,15)10-6(7-4-13-18-11(7)12)2-3-8-9(10)17-5-16-8/h2-4H,5,12H2,1H3. The molecule has 7 nitrogen and oxygen atoms in total. The van der Waals surface area contributed by atoms with Crippen molar-refractivity contribution in [1.29, 1.82) is 0 Å². The van der Waals surface area contributed by atoms with E-state index in [1.807, 2.05) is 0 Å². The Balaban J connectivity index is 2.36. The highest BCUT2D eigenvalue weighted by molar-refractivity contribution is 7.91. The van der Waals surface area contributed by atoms with Crippen molar-refractivity contribution < 1.29 is 22.4 Å². The minimum atomic E-state index is -3.53. The minimum Gasteiger partial charge on any atom is -0.454 e. The van der Waals surface area contributed by atoms with Gasteiger partial charge in [0.1, 0.15) is 4.90 Å². The predicted octanol–water partition coefficient (Wildman–Crippen LogP) is 1.06. The van der Waals surface area contributed by atoms with Crippen LogP contribution in [0.3, 0.4) is 0 Å². The summed E-state index contributed by atoms with van der Waals surface area (Å²) >= 11 is 0. The molecular weight excluding hydrogens is 272 g/mol. The third kappa shape index (κ3) is 1.80. The lowest BCUT2D eigenvalue weighted by Gasteiger charge is -2.09. The Labute approximate surface area is 108 Å². The van der Waals surface area contributed by atoms with Gasteiger partial charge in [-0.25, -0.2) is 8.42 Å². The van der Waals surface area contributed by atoms with Crippen LogP contribution in [0.5, 0.6) is 11.5 Å². The summed E-state index contributed by atoms with van der Waals surface area (Å²) in [6.07, 6.45) is 2.46. The highest BCUT2D eigenvalue weighted by Crippen LogP contribution is 2.44. The van der Waals surface area contributed by atoms with E-state index in [0.29, 0.717) is 16.9 Å². The van der Waals surface area contributed by atoms with Crippen molar-refractivity contribution >= 4 is 15.7 Å². The van der Waals surface area contributed by atoms with Crippen molar-refractivity contribution in [2.24, 2.45) is 0 Å². The quantitative estimate of drug-likeness (QED) is 0.877. The molecule has 1 aliphatic rings. The van der Waals surface area contributed by atoms with Crippen molar-refractivity contribution in [3.63, 3.8) is 0 Å². The molecular formula is C11H10N2O5S. The Morgan fingerprint density at radius 1 is 1.26 bits per heavy atom. The van der Waals surface area contributed by atoms with E-state index in [1.165, 1.54) is 6.20 Å². The largest absolute Gasteiger partial charge is 0.454 e. The van der Waals surface area contributed by atoms with Crippen LogP contribution in [-0.2, 0) is 9.84 Å². The molecule has 100 valence electrons. The van der Waals surface area contributed by atoms with E-state index in [4.69, 9.17) is 19.7 Å². The number of nitrogens with zero attached hydrogens (tertiary/aromatic N) is 1. The van der Waals surface area contributed by atoms with Crippen molar-refractivity contribution in [1.82, 2.24) is 5.16 Å². The van der Waals surface area contributed by atoms with Crippen molar-refractivity contribution in [3.8, 4) is 22.6 Å². The molecule has 19 heavy (non-hydrogen) atoms. The van der Waals surface area contributed by atoms with Crippen LogP contribution in [-0.4, -0.2) is 26.6 Å². The smallest absolute Gasteiger partial charge is 0.231 e. The Morgan fingerprint density at radius 2 is 2.05 bits per heavy atom. The van der Waals surface area contributed by atoms with E-state index in [1.54, 1.807) is 12.1 Å². The second-order valence-corrected chi connectivity index (χ2v) is 6.00. The fourth-order valence-corrected chi connectivity index (χ4v) is 3.05. The van der Waals surface area contributed by atoms with Gasteiger partial charge in [0, 0.05) is 11.8 Å². The molecule has 2 heterocycles. The van der Waals surface area contributed by atoms with E-state index in [2.05, 4.69) is 5.16 Å². The van der Waals surface area contributed by atoms with Gasteiger partial charge in [0.2, 0.25) is 12.7 Å². The van der Waals surface area contributed by atoms with Gasteiger partial charge in [0.05, 0.1) is 11.8 Å². The second kappa shape index (κ2) is 3.89. The molecule has 0 spiro atoms. The van der Waals surface area contributed by atoms with E-state index in [-0.39, 0.29) is 23.3 Å². The maximum Gasteiger partial charge on any atom is 0.231 e. The van der Waals surface area contributed by atoms with Gasteiger partial charge in [0.15, 0.2) is 21.3 Å². The SMILES string of the molecule is CS(=O)(=O)c1c(-c2cnoc2N)ccc2c1OCO2. The molecule has 0 saturated carbocycles. The zero-order valence-electron chi connectivity index (χ0n) is 9.91. The lowest BCUT2D eigenvalue weighted by Crippen LogP contribution is -2.03. The van der Waals surface area contributed by atoms with Crippen LogP contribution < -0.4 is 15.2 Å². The Morgan fingerprint density at radius 3 is 2.68 bits per heavy atom. The van der Waals surface area contributed by atoms with E-state index >= 15 is 0 Å². The first-order valence-electron chi connectivity index (χ1n) is 5.31. The van der Waals surface area contributed by atoms with Gasteiger partial charge in [-0.2, -0.15) is 0 Å². The molecule has 1 aliphatic heterocycles. The number of hydrogen-bond acceptors (Lipinski definition) is 7. The topological polar surface area (TPSA) is 105 Å². The van der Waals surface area contributed by atoms with E-state index < -0.39 is 9.84 Å². The van der Waals surface area contributed by atoms with Gasteiger partial charge in [-0.15, -0.1) is 0 Å². The number of ether oxygens (including phenoxy) is 2. The predicted molar refractivity (Wildman–Crippen MR) is 65.6 cm³/mol. The number of benzene rings is 1. The number of sulfone groups is 1. The Hall–Kier alpha value is -2.22. The number of anilines is 1. The molecule has 2 aromatic rings. The summed E-state index contributed by atoms with van der Waals surface area (Å²) in [5.41, 5.74) is 6.42. The molecule has 0 radical (unpaired) electrons. The maximum atomic E-state index is 12.0. The highest BCUT2D eigenvalue weighted by Gasteiger charge is 2.29. The summed E-state index contributed by atoms with van der Waals surface area (Å²) in [4.78, 5) is 0.0254. The second-order valence-electron chi connectivity index (χ2n) is 4.05. The Kier molecular flexibility index (Phi) is 2.42. The van der Waals surface area contributed by atoms with Gasteiger partial charge < -0.3 is 19.7 Å². The first-order chi connectivity index (χ1) is 8.98. The summed E-state index contributed by atoms with van der Waals surface area (Å²) in [5, 5.41) is 3.55. The van der Waals surface area contributed by atoms with Crippen LogP contribution in [0.4, 0.5) is 5.88 Å². The van der Waals surface area contributed by atoms with Crippen LogP contribution in [0.25, 0.3) is 11.1 Å². The number of nitrogens with two attached hydrogens (primary N) is 1. The molecule has 1 aromatic heterocycles. The summed E-state index contributed by atoms with van der Waals surface area (Å²) in [5.74, 6) is 0.628. The molecule has 1 aromatic carbocycles. The van der Waals surface area contributed by atoms with Crippen molar-refractivity contribution in [2.75, 3.05) is 18.8 Å². The first kappa shape index (κ1) is 11.8. The third-order valence-electron chi connectivity index (χ3n) is 2.75. The molecule has 8 heteroatoms. The van der Waals surface area contributed by atoms with E-state index in [9.17, 15) is 8.42 Å².